The van der Waals surface area contributed by atoms with Crippen molar-refractivity contribution in [2.75, 3.05) is 0 Å². The van der Waals surface area contributed by atoms with Gasteiger partial charge >= 0.3 is 0 Å². The molecule has 2 rings (SSSR count). The summed E-state index contributed by atoms with van der Waals surface area (Å²) in [5.74, 6) is 0.0978. The van der Waals surface area contributed by atoms with Crippen LogP contribution in [0.5, 0.6) is 23.0 Å². The molecule has 0 aliphatic carbocycles. The topological polar surface area (TPSA) is 80.9 Å². The number of aromatic hydroxyl groups is 4. The highest BCUT2D eigenvalue weighted by Gasteiger charge is 2.24. The molecule has 2 aromatic carbocycles. The third kappa shape index (κ3) is 4.24. The van der Waals surface area contributed by atoms with Gasteiger partial charge in [0, 0.05) is 17.5 Å². The minimum Gasteiger partial charge on any atom is -0.508 e. The lowest BCUT2D eigenvalue weighted by Gasteiger charge is -2.23. The molecule has 4 nitrogen and oxygen atoms in total. The van der Waals surface area contributed by atoms with Crippen LogP contribution in [0.2, 0.25) is 0 Å². The van der Waals surface area contributed by atoms with E-state index < -0.39 is 0 Å². The number of hydrogen-bond donors (Lipinski definition) is 4. The van der Waals surface area contributed by atoms with Crippen LogP contribution in [0.3, 0.4) is 0 Å². The fraction of sp³-hybridized carbons (Fsp3) is 0.455. The van der Waals surface area contributed by atoms with Gasteiger partial charge in [0.25, 0.3) is 0 Å². The van der Waals surface area contributed by atoms with Gasteiger partial charge in [0.05, 0.1) is 0 Å². The zero-order valence-corrected chi connectivity index (χ0v) is 16.5. The molecular weight excluding hydrogens is 328 g/mol. The number of phenolic OH excluding ortho intramolecular Hbond substituents is 4. The molecule has 4 N–H and O–H groups in total. The van der Waals surface area contributed by atoms with Crippen LogP contribution in [0.4, 0.5) is 0 Å². The molecule has 0 amide bonds. The summed E-state index contributed by atoms with van der Waals surface area (Å²) >= 11 is 0. The van der Waals surface area contributed by atoms with E-state index in [4.69, 9.17) is 0 Å². The van der Waals surface area contributed by atoms with E-state index in [1.807, 2.05) is 41.5 Å². The lowest BCUT2D eigenvalue weighted by Crippen LogP contribution is -2.12. The fourth-order valence-corrected chi connectivity index (χ4v) is 3.12. The van der Waals surface area contributed by atoms with Crippen molar-refractivity contribution in [3.8, 4) is 23.0 Å². The van der Waals surface area contributed by atoms with Gasteiger partial charge in [0.1, 0.15) is 23.0 Å². The van der Waals surface area contributed by atoms with Crippen LogP contribution >= 0.6 is 0 Å². The van der Waals surface area contributed by atoms with Crippen molar-refractivity contribution < 1.29 is 20.4 Å². The summed E-state index contributed by atoms with van der Waals surface area (Å²) in [6.07, 6.45) is 0.684. The van der Waals surface area contributed by atoms with E-state index in [1.165, 1.54) is 0 Å². The van der Waals surface area contributed by atoms with Gasteiger partial charge in [0.15, 0.2) is 0 Å². The maximum absolute atomic E-state index is 10.7. The summed E-state index contributed by atoms with van der Waals surface area (Å²) in [5, 5.41) is 41.8. The first-order chi connectivity index (χ1) is 11.8. The fourth-order valence-electron chi connectivity index (χ4n) is 3.12. The van der Waals surface area contributed by atoms with Crippen LogP contribution < -0.4 is 0 Å². The molecule has 0 saturated carbocycles. The van der Waals surface area contributed by atoms with Crippen molar-refractivity contribution in [2.45, 2.75) is 59.8 Å². The van der Waals surface area contributed by atoms with Crippen LogP contribution in [-0.2, 0) is 18.3 Å². The smallest absolute Gasteiger partial charge is 0.126 e. The Kier molecular flexibility index (Phi) is 5.18. The molecular formula is C22H30O4. The molecule has 26 heavy (non-hydrogen) atoms. The predicted octanol–water partition coefficient (Wildman–Crippen LogP) is 4.99. The van der Waals surface area contributed by atoms with E-state index in [0.717, 1.165) is 5.56 Å². The van der Waals surface area contributed by atoms with Crippen molar-refractivity contribution in [3.05, 3.63) is 46.5 Å². The Morgan fingerprint density at radius 3 is 1.77 bits per heavy atom. The van der Waals surface area contributed by atoms with Crippen LogP contribution in [0.15, 0.2) is 24.3 Å². The highest BCUT2D eigenvalue weighted by atomic mass is 16.3. The third-order valence-electron chi connectivity index (χ3n) is 4.48. The van der Waals surface area contributed by atoms with Gasteiger partial charge in [-0.2, -0.15) is 0 Å². The molecule has 0 bridgehead atoms. The molecule has 0 radical (unpaired) electrons. The standard InChI is InChI=1S/C22H30O4/c1-21(2,3)12-15-18(24)9-7-13(19(15)25)11-14-17(23)10-8-16(20(14)26)22(4,5)6/h7-10,23-26H,11-12H2,1-6H3. The van der Waals surface area contributed by atoms with Crippen molar-refractivity contribution >= 4 is 0 Å². The largest absolute Gasteiger partial charge is 0.508 e. The number of benzene rings is 2. The van der Waals surface area contributed by atoms with Crippen LogP contribution in [0, 0.1) is 5.41 Å². The first kappa shape index (κ1) is 20.0. The highest BCUT2D eigenvalue weighted by molar-refractivity contribution is 5.56. The second-order valence-electron chi connectivity index (χ2n) is 9.19. The molecule has 0 fully saturated rings. The molecule has 142 valence electrons. The minimum atomic E-state index is -0.277. The van der Waals surface area contributed by atoms with E-state index in [0.29, 0.717) is 23.1 Å². The van der Waals surface area contributed by atoms with E-state index >= 15 is 0 Å². The Morgan fingerprint density at radius 2 is 1.23 bits per heavy atom. The summed E-state index contributed by atoms with van der Waals surface area (Å²) in [6.45, 7) is 12.1. The number of rotatable bonds is 3. The summed E-state index contributed by atoms with van der Waals surface area (Å²) in [7, 11) is 0. The summed E-state index contributed by atoms with van der Waals surface area (Å²) in [4.78, 5) is 0. The van der Waals surface area contributed by atoms with Gasteiger partial charge in [-0.05, 0) is 40.5 Å². The van der Waals surface area contributed by atoms with Gasteiger partial charge in [-0.3, -0.25) is 0 Å². The third-order valence-corrected chi connectivity index (χ3v) is 4.48. The average molecular weight is 358 g/mol. The number of phenols is 4. The van der Waals surface area contributed by atoms with Gasteiger partial charge < -0.3 is 20.4 Å². The zero-order chi connectivity index (χ0) is 19.9. The molecule has 0 aliphatic rings. The van der Waals surface area contributed by atoms with Crippen molar-refractivity contribution in [2.24, 2.45) is 5.41 Å². The molecule has 0 heterocycles. The van der Waals surface area contributed by atoms with Crippen molar-refractivity contribution in [3.63, 3.8) is 0 Å². The van der Waals surface area contributed by atoms with E-state index in [9.17, 15) is 20.4 Å². The second kappa shape index (κ2) is 6.75. The lowest BCUT2D eigenvalue weighted by molar-refractivity contribution is 0.375. The molecule has 0 unspecified atom stereocenters. The molecule has 0 aromatic heterocycles. The normalized spacial score (nSPS) is 12.4. The van der Waals surface area contributed by atoms with Gasteiger partial charge in [0.2, 0.25) is 0 Å². The monoisotopic (exact) mass is 358 g/mol. The van der Waals surface area contributed by atoms with Crippen LogP contribution in [0.1, 0.15) is 63.8 Å². The predicted molar refractivity (Wildman–Crippen MR) is 104 cm³/mol. The van der Waals surface area contributed by atoms with Crippen molar-refractivity contribution in [1.82, 2.24) is 0 Å². The van der Waals surface area contributed by atoms with E-state index in [1.54, 1.807) is 24.3 Å². The summed E-state index contributed by atoms with van der Waals surface area (Å²) in [6, 6.07) is 6.47. The number of hydrogen-bond acceptors (Lipinski definition) is 4. The maximum atomic E-state index is 10.7. The quantitative estimate of drug-likeness (QED) is 0.623. The Morgan fingerprint density at radius 1 is 0.692 bits per heavy atom. The molecule has 2 aromatic rings. The van der Waals surface area contributed by atoms with E-state index in [2.05, 4.69) is 0 Å². The SMILES string of the molecule is CC(C)(C)Cc1c(O)ccc(Cc2c(O)ccc(C(C)(C)C)c2O)c1O. The molecule has 0 atom stereocenters. The highest BCUT2D eigenvalue weighted by Crippen LogP contribution is 2.41. The lowest BCUT2D eigenvalue weighted by atomic mass is 9.83. The average Bonchev–Trinajstić information content (AvgIpc) is 2.47. The van der Waals surface area contributed by atoms with Crippen molar-refractivity contribution in [1.29, 1.82) is 0 Å². The Bertz CT molecular complexity index is 808. The molecule has 0 aliphatic heterocycles. The summed E-state index contributed by atoms with van der Waals surface area (Å²) in [5.41, 5.74) is 1.77. The van der Waals surface area contributed by atoms with Crippen LogP contribution in [-0.4, -0.2) is 20.4 Å². The Labute approximate surface area is 155 Å². The Balaban J connectivity index is 2.52. The Hall–Kier alpha value is -2.36. The molecule has 4 heteroatoms. The summed E-state index contributed by atoms with van der Waals surface area (Å²) < 4.78 is 0. The maximum Gasteiger partial charge on any atom is 0.126 e. The minimum absolute atomic E-state index is 0.0136. The second-order valence-corrected chi connectivity index (χ2v) is 9.19. The van der Waals surface area contributed by atoms with Gasteiger partial charge in [-0.15, -0.1) is 0 Å². The van der Waals surface area contributed by atoms with Crippen LogP contribution in [0.25, 0.3) is 0 Å². The first-order valence-electron chi connectivity index (χ1n) is 8.88. The van der Waals surface area contributed by atoms with E-state index in [-0.39, 0.29) is 40.2 Å². The van der Waals surface area contributed by atoms with Gasteiger partial charge in [-0.25, -0.2) is 0 Å². The molecule has 0 spiro atoms. The zero-order valence-electron chi connectivity index (χ0n) is 16.5. The molecule has 0 saturated heterocycles. The first-order valence-corrected chi connectivity index (χ1v) is 8.88. The van der Waals surface area contributed by atoms with Gasteiger partial charge in [-0.1, -0.05) is 53.7 Å².